The third-order valence-electron chi connectivity index (χ3n) is 4.63. The van der Waals surface area contributed by atoms with Crippen molar-refractivity contribution in [3.63, 3.8) is 0 Å². The lowest BCUT2D eigenvalue weighted by Crippen LogP contribution is -2.31. The van der Waals surface area contributed by atoms with Gasteiger partial charge in [-0.15, -0.1) is 0 Å². The first-order chi connectivity index (χ1) is 12.0. The van der Waals surface area contributed by atoms with Crippen LogP contribution in [0.4, 0.5) is 0 Å². The van der Waals surface area contributed by atoms with Crippen molar-refractivity contribution >= 4 is 10.0 Å². The molecule has 134 valence electrons. The van der Waals surface area contributed by atoms with Gasteiger partial charge >= 0.3 is 0 Å². The van der Waals surface area contributed by atoms with Gasteiger partial charge in [0.05, 0.1) is 30.7 Å². The zero-order valence-electron chi connectivity index (χ0n) is 14.7. The molecule has 0 saturated carbocycles. The first kappa shape index (κ1) is 17.8. The van der Waals surface area contributed by atoms with Crippen molar-refractivity contribution in [2.45, 2.75) is 30.7 Å². The third kappa shape index (κ3) is 3.24. The number of rotatable bonds is 5. The van der Waals surface area contributed by atoms with Gasteiger partial charge in [-0.3, -0.25) is 0 Å². The molecule has 0 unspecified atom stereocenters. The van der Waals surface area contributed by atoms with Crippen molar-refractivity contribution in [1.82, 2.24) is 4.31 Å². The van der Waals surface area contributed by atoms with E-state index in [1.54, 1.807) is 30.7 Å². The molecule has 1 aliphatic heterocycles. The Bertz CT molecular complexity index is 824. The van der Waals surface area contributed by atoms with Crippen LogP contribution in [0.3, 0.4) is 0 Å². The molecule has 5 nitrogen and oxygen atoms in total. The molecule has 0 N–H and O–H groups in total. The smallest absolute Gasteiger partial charge is 0.243 e. The van der Waals surface area contributed by atoms with E-state index < -0.39 is 10.0 Å². The summed E-state index contributed by atoms with van der Waals surface area (Å²) in [5.74, 6) is 1.30. The second kappa shape index (κ2) is 7.06. The molecule has 25 heavy (non-hydrogen) atoms. The van der Waals surface area contributed by atoms with Gasteiger partial charge in [-0.2, -0.15) is 4.31 Å². The van der Waals surface area contributed by atoms with Crippen LogP contribution in [0.2, 0.25) is 0 Å². The predicted molar refractivity (Wildman–Crippen MR) is 96.6 cm³/mol. The maximum atomic E-state index is 13.2. The van der Waals surface area contributed by atoms with Gasteiger partial charge in [0, 0.05) is 6.54 Å². The fourth-order valence-corrected chi connectivity index (χ4v) is 5.04. The fourth-order valence-electron chi connectivity index (χ4n) is 3.37. The van der Waals surface area contributed by atoms with E-state index in [2.05, 4.69) is 0 Å². The SMILES string of the molecule is COc1cccc(OC)c1[C@H]1CCCN1S(=O)(=O)c1ccc(C)cc1. The molecule has 2 aromatic carbocycles. The van der Waals surface area contributed by atoms with Gasteiger partial charge in [0.25, 0.3) is 0 Å². The largest absolute Gasteiger partial charge is 0.496 e. The van der Waals surface area contributed by atoms with Gasteiger partial charge in [0.2, 0.25) is 10.0 Å². The maximum Gasteiger partial charge on any atom is 0.243 e. The first-order valence-corrected chi connectivity index (χ1v) is 9.72. The van der Waals surface area contributed by atoms with Crippen LogP contribution in [-0.2, 0) is 10.0 Å². The maximum absolute atomic E-state index is 13.2. The van der Waals surface area contributed by atoms with Crippen molar-refractivity contribution in [2.24, 2.45) is 0 Å². The van der Waals surface area contributed by atoms with E-state index in [4.69, 9.17) is 9.47 Å². The molecular weight excluding hydrogens is 338 g/mol. The molecule has 3 rings (SSSR count). The lowest BCUT2D eigenvalue weighted by atomic mass is 10.0. The number of nitrogens with zero attached hydrogens (tertiary/aromatic N) is 1. The highest BCUT2D eigenvalue weighted by atomic mass is 32.2. The second-order valence-corrected chi connectivity index (χ2v) is 8.05. The molecule has 2 aromatic rings. The number of hydrogen-bond acceptors (Lipinski definition) is 4. The lowest BCUT2D eigenvalue weighted by molar-refractivity contribution is 0.343. The van der Waals surface area contributed by atoms with Crippen molar-refractivity contribution in [3.05, 3.63) is 53.6 Å². The summed E-state index contributed by atoms with van der Waals surface area (Å²) >= 11 is 0. The Morgan fingerprint density at radius 1 is 1.00 bits per heavy atom. The molecule has 1 atom stereocenters. The summed E-state index contributed by atoms with van der Waals surface area (Å²) in [6, 6.07) is 12.2. The predicted octanol–water partition coefficient (Wildman–Crippen LogP) is 3.54. The van der Waals surface area contributed by atoms with E-state index in [1.165, 1.54) is 0 Å². The molecule has 1 fully saturated rings. The van der Waals surface area contributed by atoms with Crippen LogP contribution in [0, 0.1) is 6.92 Å². The van der Waals surface area contributed by atoms with Crippen molar-refractivity contribution in [1.29, 1.82) is 0 Å². The van der Waals surface area contributed by atoms with Crippen LogP contribution < -0.4 is 9.47 Å². The van der Waals surface area contributed by atoms with E-state index in [0.29, 0.717) is 22.9 Å². The molecular formula is C19H23NO4S. The molecule has 0 bridgehead atoms. The van der Waals surface area contributed by atoms with Gasteiger partial charge in [-0.1, -0.05) is 23.8 Å². The second-order valence-electron chi connectivity index (χ2n) is 6.16. The molecule has 0 amide bonds. The summed E-state index contributed by atoms with van der Waals surface area (Å²) in [6.07, 6.45) is 1.54. The highest BCUT2D eigenvalue weighted by molar-refractivity contribution is 7.89. The molecule has 1 saturated heterocycles. The summed E-state index contributed by atoms with van der Waals surface area (Å²) < 4.78 is 38.9. The molecule has 0 spiro atoms. The van der Waals surface area contributed by atoms with Crippen LogP contribution in [0.15, 0.2) is 47.4 Å². The van der Waals surface area contributed by atoms with Gasteiger partial charge in [0.1, 0.15) is 11.5 Å². The van der Waals surface area contributed by atoms with E-state index in [1.807, 2.05) is 37.3 Å². The minimum atomic E-state index is -3.58. The summed E-state index contributed by atoms with van der Waals surface area (Å²) in [5.41, 5.74) is 1.82. The molecule has 0 aliphatic carbocycles. The number of sulfonamides is 1. The Kier molecular flexibility index (Phi) is 5.01. The summed E-state index contributed by atoms with van der Waals surface area (Å²) in [7, 11) is -0.402. The number of aryl methyl sites for hydroxylation is 1. The number of benzene rings is 2. The molecule has 1 heterocycles. The quantitative estimate of drug-likeness (QED) is 0.817. The standard InChI is InChI=1S/C19H23NO4S/c1-14-9-11-15(12-10-14)25(21,22)20-13-5-6-16(20)19-17(23-2)7-4-8-18(19)24-3/h4,7-12,16H,5-6,13H2,1-3H3/t16-/m1/s1. The minimum Gasteiger partial charge on any atom is -0.496 e. The van der Waals surface area contributed by atoms with E-state index in [-0.39, 0.29) is 6.04 Å². The van der Waals surface area contributed by atoms with Crippen molar-refractivity contribution in [2.75, 3.05) is 20.8 Å². The monoisotopic (exact) mass is 361 g/mol. The number of methoxy groups -OCH3 is 2. The van der Waals surface area contributed by atoms with Gasteiger partial charge in [-0.05, 0) is 44.0 Å². The summed E-state index contributed by atoms with van der Waals surface area (Å²) in [5, 5.41) is 0. The van der Waals surface area contributed by atoms with E-state index in [0.717, 1.165) is 24.0 Å². The molecule has 6 heteroatoms. The highest BCUT2D eigenvalue weighted by Crippen LogP contribution is 2.44. The Labute approximate surface area is 149 Å². The normalized spacial score (nSPS) is 18.3. The Morgan fingerprint density at radius 2 is 1.60 bits per heavy atom. The third-order valence-corrected chi connectivity index (χ3v) is 6.55. The van der Waals surface area contributed by atoms with E-state index in [9.17, 15) is 8.42 Å². The molecule has 1 aliphatic rings. The highest BCUT2D eigenvalue weighted by Gasteiger charge is 2.38. The van der Waals surface area contributed by atoms with Gasteiger partial charge in [-0.25, -0.2) is 8.42 Å². The average molecular weight is 361 g/mol. The van der Waals surface area contributed by atoms with Crippen LogP contribution in [-0.4, -0.2) is 33.5 Å². The number of ether oxygens (including phenoxy) is 2. The Balaban J connectivity index is 2.06. The molecule has 0 aromatic heterocycles. The van der Waals surface area contributed by atoms with Crippen LogP contribution >= 0.6 is 0 Å². The minimum absolute atomic E-state index is 0.294. The first-order valence-electron chi connectivity index (χ1n) is 8.28. The van der Waals surface area contributed by atoms with Gasteiger partial charge in [0.15, 0.2) is 0 Å². The molecule has 0 radical (unpaired) electrons. The lowest BCUT2D eigenvalue weighted by Gasteiger charge is -2.27. The Hall–Kier alpha value is -2.05. The summed E-state index contributed by atoms with van der Waals surface area (Å²) in [4.78, 5) is 0.318. The van der Waals surface area contributed by atoms with Crippen molar-refractivity contribution in [3.8, 4) is 11.5 Å². The van der Waals surface area contributed by atoms with Gasteiger partial charge < -0.3 is 9.47 Å². The average Bonchev–Trinajstić information content (AvgIpc) is 3.11. The van der Waals surface area contributed by atoms with Crippen LogP contribution in [0.1, 0.15) is 30.0 Å². The topological polar surface area (TPSA) is 55.8 Å². The van der Waals surface area contributed by atoms with Crippen LogP contribution in [0.5, 0.6) is 11.5 Å². The summed E-state index contributed by atoms with van der Waals surface area (Å²) in [6.45, 7) is 2.43. The zero-order valence-corrected chi connectivity index (χ0v) is 15.5. The Morgan fingerprint density at radius 3 is 2.16 bits per heavy atom. The fraction of sp³-hybridized carbons (Fsp3) is 0.368. The zero-order chi connectivity index (χ0) is 18.0. The van der Waals surface area contributed by atoms with E-state index >= 15 is 0 Å². The number of hydrogen-bond donors (Lipinski definition) is 0. The van der Waals surface area contributed by atoms with Crippen LogP contribution in [0.25, 0.3) is 0 Å². The van der Waals surface area contributed by atoms with Crippen molar-refractivity contribution < 1.29 is 17.9 Å².